The number of nitrogens with zero attached hydrogens (tertiary/aromatic N) is 4. The highest BCUT2D eigenvalue weighted by Gasteiger charge is 2.29. The van der Waals surface area contributed by atoms with Crippen LogP contribution in [-0.4, -0.2) is 62.7 Å². The number of benzene rings is 1. The fourth-order valence-electron chi connectivity index (χ4n) is 4.26. The first-order valence-corrected chi connectivity index (χ1v) is 12.1. The number of aromatic nitrogens is 1. The van der Waals surface area contributed by atoms with Gasteiger partial charge in [0.2, 0.25) is 10.0 Å². The third kappa shape index (κ3) is 4.28. The maximum absolute atomic E-state index is 13.2. The molecule has 0 unspecified atom stereocenters. The first-order valence-electron chi connectivity index (χ1n) is 10.5. The summed E-state index contributed by atoms with van der Waals surface area (Å²) in [5, 5.41) is 0. The number of carbonyl (C=O) groups is 1. The second-order valence-corrected chi connectivity index (χ2v) is 10.0. The number of pyridine rings is 1. The molecule has 2 saturated heterocycles. The number of hydrogen-bond acceptors (Lipinski definition) is 5. The molecule has 0 N–H and O–H groups in total. The zero-order valence-corrected chi connectivity index (χ0v) is 18.1. The fourth-order valence-corrected chi connectivity index (χ4v) is 5.89. The summed E-state index contributed by atoms with van der Waals surface area (Å²) in [6.45, 7) is 2.13. The van der Waals surface area contributed by atoms with Crippen LogP contribution in [0.15, 0.2) is 48.7 Å². The van der Waals surface area contributed by atoms with Crippen LogP contribution in [0.25, 0.3) is 0 Å². The van der Waals surface area contributed by atoms with Crippen LogP contribution in [0.4, 0.5) is 11.5 Å². The minimum atomic E-state index is -3.30. The Morgan fingerprint density at radius 2 is 1.97 bits per heavy atom. The Morgan fingerprint density at radius 1 is 1.10 bits per heavy atom. The second kappa shape index (κ2) is 8.63. The standard InChI is InChI=1S/C22H28N4O3S/c1-24(20-10-7-13-25(17-20)21-11-2-3-12-23-21)22(27)18-8-6-9-19(16-18)26-14-4-5-15-30(26,28)29/h2-3,6,8-9,11-12,16,20H,4-5,7,10,13-15,17H2,1H3/t20-/m0/s1. The van der Waals surface area contributed by atoms with Gasteiger partial charge in [-0.25, -0.2) is 13.4 Å². The van der Waals surface area contributed by atoms with Crippen molar-refractivity contribution in [3.63, 3.8) is 0 Å². The van der Waals surface area contributed by atoms with Crippen LogP contribution in [0.1, 0.15) is 36.0 Å². The van der Waals surface area contributed by atoms with Crippen LogP contribution >= 0.6 is 0 Å². The van der Waals surface area contributed by atoms with Crippen LogP contribution in [0, 0.1) is 0 Å². The van der Waals surface area contributed by atoms with Crippen LogP contribution in [0.5, 0.6) is 0 Å². The molecule has 1 aromatic heterocycles. The Balaban J connectivity index is 1.50. The van der Waals surface area contributed by atoms with Crippen LogP contribution in [-0.2, 0) is 10.0 Å². The lowest BCUT2D eigenvalue weighted by Gasteiger charge is -2.38. The first-order chi connectivity index (χ1) is 14.5. The summed E-state index contributed by atoms with van der Waals surface area (Å²) in [6.07, 6.45) is 5.24. The van der Waals surface area contributed by atoms with E-state index in [4.69, 9.17) is 0 Å². The highest BCUT2D eigenvalue weighted by Crippen LogP contribution is 2.26. The van der Waals surface area contributed by atoms with Crippen molar-refractivity contribution in [2.24, 2.45) is 0 Å². The molecule has 0 bridgehead atoms. The molecule has 3 heterocycles. The summed E-state index contributed by atoms with van der Waals surface area (Å²) in [6, 6.07) is 12.9. The van der Waals surface area contributed by atoms with Crippen molar-refractivity contribution in [3.8, 4) is 0 Å². The van der Waals surface area contributed by atoms with Crippen molar-refractivity contribution < 1.29 is 13.2 Å². The molecule has 2 fully saturated rings. The maximum atomic E-state index is 13.2. The minimum absolute atomic E-state index is 0.0793. The van der Waals surface area contributed by atoms with Crippen molar-refractivity contribution in [3.05, 3.63) is 54.2 Å². The molecule has 160 valence electrons. The first kappa shape index (κ1) is 20.7. The molecule has 1 amide bonds. The number of sulfonamides is 1. The zero-order valence-electron chi connectivity index (χ0n) is 17.3. The quantitative estimate of drug-likeness (QED) is 0.749. The number of piperidine rings is 1. The van der Waals surface area contributed by atoms with E-state index in [1.807, 2.05) is 25.2 Å². The van der Waals surface area contributed by atoms with Crippen LogP contribution < -0.4 is 9.21 Å². The molecule has 0 aliphatic carbocycles. The Labute approximate surface area is 178 Å². The molecule has 8 heteroatoms. The lowest BCUT2D eigenvalue weighted by Crippen LogP contribution is -2.49. The number of carbonyl (C=O) groups excluding carboxylic acids is 1. The van der Waals surface area contributed by atoms with Gasteiger partial charge in [0.25, 0.3) is 5.91 Å². The Bertz CT molecular complexity index is 996. The van der Waals surface area contributed by atoms with E-state index in [9.17, 15) is 13.2 Å². The van der Waals surface area contributed by atoms with Gasteiger partial charge in [-0.3, -0.25) is 9.10 Å². The van der Waals surface area contributed by atoms with Gasteiger partial charge in [-0.15, -0.1) is 0 Å². The van der Waals surface area contributed by atoms with Gasteiger partial charge in [0.15, 0.2) is 0 Å². The number of rotatable bonds is 4. The largest absolute Gasteiger partial charge is 0.355 e. The predicted octanol–water partition coefficient (Wildman–Crippen LogP) is 2.75. The van der Waals surface area contributed by atoms with E-state index in [1.54, 1.807) is 35.4 Å². The van der Waals surface area contributed by atoms with E-state index in [2.05, 4.69) is 9.88 Å². The lowest BCUT2D eigenvalue weighted by atomic mass is 10.0. The molecule has 4 rings (SSSR count). The monoisotopic (exact) mass is 428 g/mol. The molecule has 1 atom stereocenters. The summed E-state index contributed by atoms with van der Waals surface area (Å²) >= 11 is 0. The minimum Gasteiger partial charge on any atom is -0.355 e. The van der Waals surface area contributed by atoms with Gasteiger partial charge in [0, 0.05) is 44.5 Å². The van der Waals surface area contributed by atoms with E-state index < -0.39 is 10.0 Å². The maximum Gasteiger partial charge on any atom is 0.253 e. The molecule has 30 heavy (non-hydrogen) atoms. The van der Waals surface area contributed by atoms with Crippen molar-refractivity contribution in [1.82, 2.24) is 9.88 Å². The molecular formula is C22H28N4O3S. The average molecular weight is 429 g/mol. The molecule has 2 aliphatic heterocycles. The zero-order chi connectivity index (χ0) is 21.1. The Hall–Kier alpha value is -2.61. The van der Waals surface area contributed by atoms with Gasteiger partial charge >= 0.3 is 0 Å². The number of anilines is 2. The van der Waals surface area contributed by atoms with E-state index in [1.165, 1.54) is 4.31 Å². The van der Waals surface area contributed by atoms with Crippen molar-refractivity contribution in [2.75, 3.05) is 41.6 Å². The summed E-state index contributed by atoms with van der Waals surface area (Å²) in [5.41, 5.74) is 1.10. The van der Waals surface area contributed by atoms with E-state index in [0.29, 0.717) is 24.2 Å². The topological polar surface area (TPSA) is 73.8 Å². The molecule has 2 aromatic rings. The summed E-state index contributed by atoms with van der Waals surface area (Å²) in [7, 11) is -1.47. The molecule has 7 nitrogen and oxygen atoms in total. The summed E-state index contributed by atoms with van der Waals surface area (Å²) < 4.78 is 26.3. The summed E-state index contributed by atoms with van der Waals surface area (Å²) in [5.74, 6) is 1.01. The predicted molar refractivity (Wildman–Crippen MR) is 118 cm³/mol. The van der Waals surface area contributed by atoms with E-state index >= 15 is 0 Å². The third-order valence-electron chi connectivity index (χ3n) is 5.97. The van der Waals surface area contributed by atoms with E-state index in [0.717, 1.165) is 38.2 Å². The number of likely N-dealkylation sites (N-methyl/N-ethyl adjacent to an activating group) is 1. The average Bonchev–Trinajstić information content (AvgIpc) is 2.78. The molecular weight excluding hydrogens is 400 g/mol. The highest BCUT2D eigenvalue weighted by molar-refractivity contribution is 7.92. The van der Waals surface area contributed by atoms with Crippen LogP contribution in [0.2, 0.25) is 0 Å². The molecule has 1 aromatic carbocycles. The SMILES string of the molecule is CN(C(=O)c1cccc(N2CCCCS2(=O)=O)c1)[C@H]1CCCN(c2ccccn2)C1. The van der Waals surface area contributed by atoms with Gasteiger partial charge < -0.3 is 9.80 Å². The normalized spacial score (nSPS) is 21.3. The molecule has 0 saturated carbocycles. The van der Waals surface area contributed by atoms with E-state index in [-0.39, 0.29) is 17.7 Å². The molecule has 0 radical (unpaired) electrons. The van der Waals surface area contributed by atoms with Gasteiger partial charge in [-0.1, -0.05) is 12.1 Å². The smallest absolute Gasteiger partial charge is 0.253 e. The number of amides is 1. The Morgan fingerprint density at radius 3 is 2.73 bits per heavy atom. The highest BCUT2D eigenvalue weighted by atomic mass is 32.2. The molecule has 0 spiro atoms. The third-order valence-corrected chi connectivity index (χ3v) is 7.84. The lowest BCUT2D eigenvalue weighted by molar-refractivity contribution is 0.0717. The summed E-state index contributed by atoms with van der Waals surface area (Å²) in [4.78, 5) is 21.7. The van der Waals surface area contributed by atoms with Gasteiger partial charge in [0.1, 0.15) is 5.82 Å². The van der Waals surface area contributed by atoms with Crippen molar-refractivity contribution >= 4 is 27.4 Å². The second-order valence-electron chi connectivity index (χ2n) is 7.99. The fraction of sp³-hybridized carbons (Fsp3) is 0.455. The van der Waals surface area contributed by atoms with Crippen LogP contribution in [0.3, 0.4) is 0 Å². The molecule has 2 aliphatic rings. The van der Waals surface area contributed by atoms with Gasteiger partial charge in [-0.2, -0.15) is 0 Å². The van der Waals surface area contributed by atoms with Gasteiger partial charge in [-0.05, 0) is 56.0 Å². The number of hydrogen-bond donors (Lipinski definition) is 0. The Kier molecular flexibility index (Phi) is 5.94. The van der Waals surface area contributed by atoms with Crippen molar-refractivity contribution in [1.29, 1.82) is 0 Å². The van der Waals surface area contributed by atoms with Gasteiger partial charge in [0.05, 0.1) is 11.4 Å². The van der Waals surface area contributed by atoms with Crippen molar-refractivity contribution in [2.45, 2.75) is 31.7 Å².